The molecule has 1 heterocycles. The summed E-state index contributed by atoms with van der Waals surface area (Å²) in [6, 6.07) is 3.40. The molecule has 0 bridgehead atoms. The van der Waals surface area contributed by atoms with Crippen molar-refractivity contribution in [2.75, 3.05) is 27.9 Å². The van der Waals surface area contributed by atoms with Gasteiger partial charge in [-0.1, -0.05) is 0 Å². The Balaban J connectivity index is 2.67. The summed E-state index contributed by atoms with van der Waals surface area (Å²) in [7, 11) is 4.58. The monoisotopic (exact) mass is 291 g/mol. The van der Waals surface area contributed by atoms with Gasteiger partial charge in [0.15, 0.2) is 11.5 Å². The van der Waals surface area contributed by atoms with Crippen molar-refractivity contribution in [1.29, 1.82) is 0 Å². The van der Waals surface area contributed by atoms with Gasteiger partial charge in [-0.2, -0.15) is 0 Å². The van der Waals surface area contributed by atoms with E-state index in [2.05, 4.69) is 4.98 Å². The quantitative estimate of drug-likeness (QED) is 0.788. The molecule has 0 amide bonds. The number of esters is 1. The van der Waals surface area contributed by atoms with E-state index in [-0.39, 0.29) is 0 Å². The number of carbonyl (C=O) groups is 1. The summed E-state index contributed by atoms with van der Waals surface area (Å²) in [5.74, 6) is 1.00. The molecule has 112 valence electrons. The van der Waals surface area contributed by atoms with E-state index in [0.717, 1.165) is 0 Å². The number of benzene rings is 1. The Hall–Kier alpha value is -2.50. The molecule has 0 aliphatic heterocycles. The lowest BCUT2D eigenvalue weighted by atomic mass is 10.1. The SMILES string of the molecule is CCOC(=O)c1cnc2cc(OC)c(OC)c(OC)c2c1. The maximum Gasteiger partial charge on any atom is 0.339 e. The number of ether oxygens (including phenoxy) is 4. The van der Waals surface area contributed by atoms with Gasteiger partial charge in [0, 0.05) is 17.6 Å². The van der Waals surface area contributed by atoms with Crippen LogP contribution in [0.4, 0.5) is 0 Å². The van der Waals surface area contributed by atoms with Gasteiger partial charge in [0.05, 0.1) is 39.0 Å². The Bertz CT molecular complexity index is 669. The lowest BCUT2D eigenvalue weighted by molar-refractivity contribution is 0.0526. The van der Waals surface area contributed by atoms with Crippen molar-refractivity contribution in [3.63, 3.8) is 0 Å². The zero-order chi connectivity index (χ0) is 15.4. The number of aromatic nitrogens is 1. The lowest BCUT2D eigenvalue weighted by Crippen LogP contribution is -2.05. The molecule has 0 saturated carbocycles. The minimum atomic E-state index is -0.427. The minimum absolute atomic E-state index is 0.305. The number of methoxy groups -OCH3 is 3. The number of rotatable bonds is 5. The number of fused-ring (bicyclic) bond motifs is 1. The minimum Gasteiger partial charge on any atom is -0.493 e. The summed E-state index contributed by atoms with van der Waals surface area (Å²) in [5.41, 5.74) is 0.993. The molecule has 0 radical (unpaired) electrons. The van der Waals surface area contributed by atoms with Gasteiger partial charge < -0.3 is 18.9 Å². The van der Waals surface area contributed by atoms with Crippen LogP contribution in [0.3, 0.4) is 0 Å². The van der Waals surface area contributed by atoms with Crippen molar-refractivity contribution < 1.29 is 23.7 Å². The fraction of sp³-hybridized carbons (Fsp3) is 0.333. The highest BCUT2D eigenvalue weighted by Crippen LogP contribution is 2.42. The Morgan fingerprint density at radius 2 is 1.81 bits per heavy atom. The Morgan fingerprint density at radius 1 is 1.10 bits per heavy atom. The van der Waals surface area contributed by atoms with Crippen LogP contribution in [-0.2, 0) is 4.74 Å². The standard InChI is InChI=1S/C15H17NO5/c1-5-21-15(17)9-6-10-11(16-8-9)7-12(18-2)14(20-4)13(10)19-3/h6-8H,5H2,1-4H3. The number of hydrogen-bond acceptors (Lipinski definition) is 6. The van der Waals surface area contributed by atoms with E-state index in [0.29, 0.717) is 40.3 Å². The summed E-state index contributed by atoms with van der Waals surface area (Å²) in [6.07, 6.45) is 1.46. The van der Waals surface area contributed by atoms with Crippen LogP contribution in [0.2, 0.25) is 0 Å². The lowest BCUT2D eigenvalue weighted by Gasteiger charge is -2.14. The Kier molecular flexibility index (Phi) is 4.47. The average molecular weight is 291 g/mol. The summed E-state index contributed by atoms with van der Waals surface area (Å²) in [4.78, 5) is 16.1. The molecule has 0 saturated heterocycles. The highest BCUT2D eigenvalue weighted by atomic mass is 16.5. The second-order valence-corrected chi connectivity index (χ2v) is 4.16. The summed E-state index contributed by atoms with van der Waals surface area (Å²) in [5, 5.41) is 0.653. The van der Waals surface area contributed by atoms with Crippen LogP contribution in [0.15, 0.2) is 18.3 Å². The maximum atomic E-state index is 11.8. The third kappa shape index (κ3) is 2.69. The average Bonchev–Trinajstić information content (AvgIpc) is 2.52. The first-order valence-corrected chi connectivity index (χ1v) is 6.42. The normalized spacial score (nSPS) is 10.3. The first kappa shape index (κ1) is 14.9. The molecule has 0 spiro atoms. The predicted octanol–water partition coefficient (Wildman–Crippen LogP) is 2.44. The fourth-order valence-electron chi connectivity index (χ4n) is 2.07. The predicted molar refractivity (Wildman–Crippen MR) is 77.4 cm³/mol. The molecule has 0 aliphatic carbocycles. The first-order chi connectivity index (χ1) is 10.2. The van der Waals surface area contributed by atoms with Crippen molar-refractivity contribution in [3.8, 4) is 17.2 Å². The van der Waals surface area contributed by atoms with E-state index >= 15 is 0 Å². The molecular weight excluding hydrogens is 274 g/mol. The van der Waals surface area contributed by atoms with Crippen molar-refractivity contribution in [2.24, 2.45) is 0 Å². The van der Waals surface area contributed by atoms with Gasteiger partial charge in [-0.25, -0.2) is 4.79 Å². The van der Waals surface area contributed by atoms with E-state index in [1.807, 2.05) is 0 Å². The molecule has 2 rings (SSSR count). The number of pyridine rings is 1. The van der Waals surface area contributed by atoms with E-state index < -0.39 is 5.97 Å². The van der Waals surface area contributed by atoms with Crippen molar-refractivity contribution in [3.05, 3.63) is 23.9 Å². The molecule has 6 heteroatoms. The van der Waals surface area contributed by atoms with Crippen LogP contribution in [-0.4, -0.2) is 38.9 Å². The number of hydrogen-bond donors (Lipinski definition) is 0. The van der Waals surface area contributed by atoms with Crippen molar-refractivity contribution in [2.45, 2.75) is 6.92 Å². The van der Waals surface area contributed by atoms with Crippen LogP contribution in [0.1, 0.15) is 17.3 Å². The van der Waals surface area contributed by atoms with E-state index in [1.54, 1.807) is 19.1 Å². The zero-order valence-electron chi connectivity index (χ0n) is 12.4. The molecule has 0 N–H and O–H groups in total. The van der Waals surface area contributed by atoms with Gasteiger partial charge in [0.2, 0.25) is 5.75 Å². The Morgan fingerprint density at radius 3 is 2.38 bits per heavy atom. The maximum absolute atomic E-state index is 11.8. The molecule has 1 aromatic heterocycles. The van der Waals surface area contributed by atoms with E-state index in [1.165, 1.54) is 27.5 Å². The fourth-order valence-corrected chi connectivity index (χ4v) is 2.07. The van der Waals surface area contributed by atoms with Crippen LogP contribution >= 0.6 is 0 Å². The second kappa shape index (κ2) is 6.30. The first-order valence-electron chi connectivity index (χ1n) is 6.42. The largest absolute Gasteiger partial charge is 0.493 e. The molecule has 0 fully saturated rings. The third-order valence-corrected chi connectivity index (χ3v) is 3.00. The highest BCUT2D eigenvalue weighted by molar-refractivity contribution is 5.97. The van der Waals surface area contributed by atoms with Gasteiger partial charge in [0.1, 0.15) is 0 Å². The molecule has 0 atom stereocenters. The third-order valence-electron chi connectivity index (χ3n) is 3.00. The van der Waals surface area contributed by atoms with Crippen molar-refractivity contribution >= 4 is 16.9 Å². The van der Waals surface area contributed by atoms with Crippen molar-refractivity contribution in [1.82, 2.24) is 4.98 Å². The highest BCUT2D eigenvalue weighted by Gasteiger charge is 2.18. The van der Waals surface area contributed by atoms with Crippen LogP contribution < -0.4 is 14.2 Å². The number of carbonyl (C=O) groups excluding carboxylic acids is 1. The smallest absolute Gasteiger partial charge is 0.339 e. The van der Waals surface area contributed by atoms with E-state index in [9.17, 15) is 4.79 Å². The molecule has 1 aromatic carbocycles. The summed E-state index contributed by atoms with van der Waals surface area (Å²) < 4.78 is 21.0. The second-order valence-electron chi connectivity index (χ2n) is 4.16. The van der Waals surface area contributed by atoms with Gasteiger partial charge in [-0.05, 0) is 13.0 Å². The molecule has 21 heavy (non-hydrogen) atoms. The van der Waals surface area contributed by atoms with Gasteiger partial charge >= 0.3 is 5.97 Å². The Labute approximate surface area is 122 Å². The van der Waals surface area contributed by atoms with Crippen LogP contribution in [0.5, 0.6) is 17.2 Å². The molecular formula is C15H17NO5. The van der Waals surface area contributed by atoms with Crippen LogP contribution in [0.25, 0.3) is 10.9 Å². The molecule has 0 aliphatic rings. The zero-order valence-corrected chi connectivity index (χ0v) is 12.4. The van der Waals surface area contributed by atoms with Gasteiger partial charge in [-0.15, -0.1) is 0 Å². The van der Waals surface area contributed by atoms with Gasteiger partial charge in [-0.3, -0.25) is 4.98 Å². The molecule has 2 aromatic rings. The number of nitrogens with zero attached hydrogens (tertiary/aromatic N) is 1. The molecule has 6 nitrogen and oxygen atoms in total. The molecule has 0 unspecified atom stereocenters. The topological polar surface area (TPSA) is 66.9 Å². The summed E-state index contributed by atoms with van der Waals surface area (Å²) >= 11 is 0. The van der Waals surface area contributed by atoms with E-state index in [4.69, 9.17) is 18.9 Å². The van der Waals surface area contributed by atoms with Gasteiger partial charge in [0.25, 0.3) is 0 Å². The van der Waals surface area contributed by atoms with Crippen LogP contribution in [0, 0.1) is 0 Å². The summed E-state index contributed by atoms with van der Waals surface area (Å²) in [6.45, 7) is 2.06.